The molecule has 0 aliphatic carbocycles. The molecule has 0 fully saturated rings. The number of aryl methyl sites for hydroxylation is 2. The van der Waals surface area contributed by atoms with E-state index in [1.54, 1.807) is 18.2 Å². The molecule has 0 aliphatic heterocycles. The van der Waals surface area contributed by atoms with Crippen LogP contribution in [0.4, 0.5) is 4.39 Å². The zero-order chi connectivity index (χ0) is 20.9. The molecular weight excluding hydrogens is 424 g/mol. The van der Waals surface area contributed by atoms with Crippen LogP contribution in [0.1, 0.15) is 36.8 Å². The molecule has 1 unspecified atom stereocenters. The lowest BCUT2D eigenvalue weighted by Gasteiger charge is -2.11. The first kappa shape index (κ1) is 22.7. The summed E-state index contributed by atoms with van der Waals surface area (Å²) in [4.78, 5) is 12.0. The molecule has 2 rings (SSSR count). The first-order chi connectivity index (χ1) is 13.1. The largest absolute Gasteiger partial charge is 0.506 e. The molecule has 1 atom stereocenters. The van der Waals surface area contributed by atoms with Crippen LogP contribution in [0.2, 0.25) is 10.0 Å². The van der Waals surface area contributed by atoms with Gasteiger partial charge in [-0.15, -0.1) is 0 Å². The second-order valence-electron chi connectivity index (χ2n) is 6.69. The van der Waals surface area contributed by atoms with Gasteiger partial charge in [0, 0.05) is 19.1 Å². The summed E-state index contributed by atoms with van der Waals surface area (Å²) < 4.78 is 33.0. The molecule has 0 aromatic heterocycles. The Morgan fingerprint density at radius 2 is 1.71 bits per heavy atom. The van der Waals surface area contributed by atoms with Crippen molar-refractivity contribution in [2.24, 2.45) is 0 Å². The summed E-state index contributed by atoms with van der Waals surface area (Å²) in [5, 5.41) is 10.5. The molecule has 2 aromatic rings. The number of aromatic hydroxyl groups is 1. The standard InChI is InChI=1S/C20H22Cl2FNO3S/c1-28(24,27)20-16(21)12-11-14(19(20)26)7-3-9-15(25)8-2-5-13-6-4-10-17(23)18(13)22/h4,6,10-12,24,26H,2-3,5,7-9H2,1H3. The van der Waals surface area contributed by atoms with E-state index in [4.69, 9.17) is 28.0 Å². The lowest BCUT2D eigenvalue weighted by molar-refractivity contribution is -0.119. The van der Waals surface area contributed by atoms with Crippen molar-refractivity contribution in [2.45, 2.75) is 43.4 Å². The van der Waals surface area contributed by atoms with Gasteiger partial charge in [-0.3, -0.25) is 4.79 Å². The highest BCUT2D eigenvalue weighted by molar-refractivity contribution is 7.92. The molecule has 0 saturated heterocycles. The number of carbonyl (C=O) groups is 1. The summed E-state index contributed by atoms with van der Waals surface area (Å²) >= 11 is 11.9. The third kappa shape index (κ3) is 5.93. The van der Waals surface area contributed by atoms with Gasteiger partial charge < -0.3 is 5.11 Å². The average Bonchev–Trinajstić information content (AvgIpc) is 2.59. The Labute approximate surface area is 174 Å². The van der Waals surface area contributed by atoms with Crippen LogP contribution in [-0.4, -0.2) is 21.4 Å². The number of ketones is 1. The van der Waals surface area contributed by atoms with Crippen LogP contribution in [0.3, 0.4) is 0 Å². The van der Waals surface area contributed by atoms with Crippen LogP contribution in [0.15, 0.2) is 35.2 Å². The zero-order valence-electron chi connectivity index (χ0n) is 15.4. The van der Waals surface area contributed by atoms with Gasteiger partial charge in [-0.25, -0.2) is 13.4 Å². The monoisotopic (exact) mass is 445 g/mol. The van der Waals surface area contributed by atoms with Gasteiger partial charge in [0.25, 0.3) is 0 Å². The van der Waals surface area contributed by atoms with Crippen molar-refractivity contribution in [3.63, 3.8) is 0 Å². The first-order valence-electron chi connectivity index (χ1n) is 8.80. The van der Waals surface area contributed by atoms with Gasteiger partial charge in [0.05, 0.1) is 19.8 Å². The molecule has 0 radical (unpaired) electrons. The Balaban J connectivity index is 1.85. The number of nitrogens with one attached hydrogen (secondary N) is 1. The minimum atomic E-state index is -3.16. The molecule has 2 N–H and O–H groups in total. The Morgan fingerprint density at radius 3 is 2.32 bits per heavy atom. The van der Waals surface area contributed by atoms with E-state index in [1.807, 2.05) is 0 Å². The van der Waals surface area contributed by atoms with E-state index in [-0.39, 0.29) is 26.5 Å². The number of phenols is 1. The molecule has 0 bridgehead atoms. The summed E-state index contributed by atoms with van der Waals surface area (Å²) in [5.74, 6) is -0.625. The molecule has 0 aliphatic rings. The van der Waals surface area contributed by atoms with E-state index in [2.05, 4.69) is 0 Å². The molecular formula is C20H22Cl2FNO3S. The quantitative estimate of drug-likeness (QED) is 0.512. The van der Waals surface area contributed by atoms with Crippen molar-refractivity contribution >= 4 is 38.7 Å². The highest BCUT2D eigenvalue weighted by atomic mass is 35.5. The Morgan fingerprint density at radius 1 is 1.11 bits per heavy atom. The van der Waals surface area contributed by atoms with Gasteiger partial charge in [-0.2, -0.15) is 0 Å². The van der Waals surface area contributed by atoms with Crippen LogP contribution in [0, 0.1) is 10.6 Å². The molecule has 8 heteroatoms. The summed E-state index contributed by atoms with van der Waals surface area (Å²) in [7, 11) is -3.16. The maximum Gasteiger partial charge on any atom is 0.142 e. The Kier molecular flexibility index (Phi) is 7.87. The van der Waals surface area contributed by atoms with E-state index >= 15 is 0 Å². The Hall–Kier alpha value is -1.63. The fourth-order valence-corrected chi connectivity index (χ4v) is 4.73. The second kappa shape index (κ2) is 9.72. The van der Waals surface area contributed by atoms with Crippen molar-refractivity contribution < 1.29 is 18.5 Å². The van der Waals surface area contributed by atoms with Crippen LogP contribution in [-0.2, 0) is 27.4 Å². The average molecular weight is 446 g/mol. The molecule has 0 saturated carbocycles. The number of hydrogen-bond donors (Lipinski definition) is 2. The topological polar surface area (TPSA) is 78.2 Å². The normalized spacial score (nSPS) is 13.3. The van der Waals surface area contributed by atoms with Gasteiger partial charge in [0.1, 0.15) is 22.2 Å². The number of Topliss-reactive ketones (excluding diaryl/α,β-unsaturated/α-hetero) is 1. The smallest absolute Gasteiger partial charge is 0.142 e. The van der Waals surface area contributed by atoms with Gasteiger partial charge >= 0.3 is 0 Å². The van der Waals surface area contributed by atoms with E-state index in [0.29, 0.717) is 49.7 Å². The molecule has 2 aromatic carbocycles. The van der Waals surface area contributed by atoms with Crippen molar-refractivity contribution in [2.75, 3.05) is 6.26 Å². The summed E-state index contributed by atoms with van der Waals surface area (Å²) in [5.41, 5.74) is 1.20. The lowest BCUT2D eigenvalue weighted by atomic mass is 10.0. The number of rotatable bonds is 9. The van der Waals surface area contributed by atoms with Gasteiger partial charge in [-0.05, 0) is 48.9 Å². The van der Waals surface area contributed by atoms with Gasteiger partial charge in [0.2, 0.25) is 0 Å². The fourth-order valence-electron chi connectivity index (χ4n) is 2.98. The van der Waals surface area contributed by atoms with E-state index in [9.17, 15) is 18.5 Å². The van der Waals surface area contributed by atoms with Crippen molar-refractivity contribution in [1.82, 2.24) is 0 Å². The highest BCUT2D eigenvalue weighted by Crippen LogP contribution is 2.34. The van der Waals surface area contributed by atoms with Gasteiger partial charge in [0.15, 0.2) is 0 Å². The number of phenolic OH excluding ortho intramolecular Hbond substituents is 1. The lowest BCUT2D eigenvalue weighted by Crippen LogP contribution is -2.02. The predicted octanol–water partition coefficient (Wildman–Crippen LogP) is 5.79. The first-order valence-corrected chi connectivity index (χ1v) is 11.5. The van der Waals surface area contributed by atoms with E-state index in [1.165, 1.54) is 18.4 Å². The van der Waals surface area contributed by atoms with Crippen molar-refractivity contribution in [1.29, 1.82) is 4.78 Å². The minimum Gasteiger partial charge on any atom is -0.506 e. The van der Waals surface area contributed by atoms with Gasteiger partial charge in [-0.1, -0.05) is 41.4 Å². The third-order valence-electron chi connectivity index (χ3n) is 4.39. The summed E-state index contributed by atoms with van der Waals surface area (Å²) in [6.45, 7) is 0. The summed E-state index contributed by atoms with van der Waals surface area (Å²) in [6.07, 6.45) is 3.92. The fraction of sp³-hybridized carbons (Fsp3) is 0.350. The highest BCUT2D eigenvalue weighted by Gasteiger charge is 2.18. The minimum absolute atomic E-state index is 0.0648. The third-order valence-corrected chi connectivity index (χ3v) is 6.43. The predicted molar refractivity (Wildman–Crippen MR) is 110 cm³/mol. The van der Waals surface area contributed by atoms with Crippen molar-refractivity contribution in [3.8, 4) is 5.75 Å². The van der Waals surface area contributed by atoms with E-state index < -0.39 is 15.5 Å². The second-order valence-corrected chi connectivity index (χ2v) is 9.57. The van der Waals surface area contributed by atoms with Crippen molar-refractivity contribution in [3.05, 3.63) is 57.3 Å². The number of halogens is 3. The SMILES string of the molecule is CS(=N)(=O)c1c(Cl)ccc(CCCC(=O)CCCc2cccc(F)c2Cl)c1O. The number of benzene rings is 2. The molecule has 0 spiro atoms. The molecule has 0 amide bonds. The molecule has 4 nitrogen and oxygen atoms in total. The maximum atomic E-state index is 13.4. The van der Waals surface area contributed by atoms with Crippen LogP contribution >= 0.6 is 23.2 Å². The number of carbonyl (C=O) groups excluding carboxylic acids is 1. The van der Waals surface area contributed by atoms with Crippen LogP contribution < -0.4 is 0 Å². The molecule has 0 heterocycles. The maximum absolute atomic E-state index is 13.4. The van der Waals surface area contributed by atoms with Crippen LogP contribution in [0.25, 0.3) is 0 Å². The molecule has 152 valence electrons. The van der Waals surface area contributed by atoms with E-state index in [0.717, 1.165) is 0 Å². The zero-order valence-corrected chi connectivity index (χ0v) is 17.8. The summed E-state index contributed by atoms with van der Waals surface area (Å²) in [6, 6.07) is 7.76. The number of hydrogen-bond acceptors (Lipinski definition) is 4. The van der Waals surface area contributed by atoms with Crippen LogP contribution in [0.5, 0.6) is 5.75 Å². The molecule has 28 heavy (non-hydrogen) atoms. The Bertz CT molecular complexity index is 978.